The van der Waals surface area contributed by atoms with Crippen molar-refractivity contribution in [1.82, 2.24) is 4.98 Å². The first-order valence-corrected chi connectivity index (χ1v) is 6.46. The maximum atomic E-state index is 5.43. The van der Waals surface area contributed by atoms with Crippen LogP contribution >= 0.6 is 0 Å². The summed E-state index contributed by atoms with van der Waals surface area (Å²) in [6.07, 6.45) is 2.03. The van der Waals surface area contributed by atoms with Gasteiger partial charge in [-0.1, -0.05) is 13.3 Å². The quantitative estimate of drug-likeness (QED) is 0.896. The zero-order valence-corrected chi connectivity index (χ0v) is 11.9. The molecule has 0 aliphatic rings. The van der Waals surface area contributed by atoms with Gasteiger partial charge in [-0.25, -0.2) is 4.98 Å². The van der Waals surface area contributed by atoms with Gasteiger partial charge in [0.15, 0.2) is 0 Å². The van der Waals surface area contributed by atoms with Gasteiger partial charge in [-0.3, -0.25) is 0 Å². The lowest BCUT2D eigenvalue weighted by Gasteiger charge is -2.13. The van der Waals surface area contributed by atoms with Crippen molar-refractivity contribution in [3.05, 3.63) is 23.9 Å². The van der Waals surface area contributed by atoms with Crippen LogP contribution in [0.1, 0.15) is 19.0 Å². The minimum absolute atomic E-state index is 0.740. The summed E-state index contributed by atoms with van der Waals surface area (Å²) in [5.74, 6) is 1.51. The van der Waals surface area contributed by atoms with Crippen LogP contribution in [0.2, 0.25) is 0 Å². The van der Waals surface area contributed by atoms with Gasteiger partial charge < -0.3 is 14.8 Å². The molecule has 0 amide bonds. The van der Waals surface area contributed by atoms with Crippen LogP contribution < -0.4 is 14.8 Å². The third-order valence-electron chi connectivity index (χ3n) is 3.14. The molecule has 0 unspecified atom stereocenters. The Morgan fingerprint density at radius 2 is 1.95 bits per heavy atom. The predicted octanol–water partition coefficient (Wildman–Crippen LogP) is 3.25. The van der Waals surface area contributed by atoms with E-state index in [9.17, 15) is 0 Å². The van der Waals surface area contributed by atoms with E-state index in [1.165, 1.54) is 0 Å². The van der Waals surface area contributed by atoms with Gasteiger partial charge in [-0.2, -0.15) is 0 Å². The minimum atomic E-state index is 0.740. The molecule has 0 aliphatic carbocycles. The Labute approximate surface area is 113 Å². The number of hydrogen-bond donors (Lipinski definition) is 1. The first kappa shape index (κ1) is 13.5. The summed E-state index contributed by atoms with van der Waals surface area (Å²) < 4.78 is 10.7. The maximum Gasteiger partial charge on any atom is 0.148 e. The molecular weight excluding hydrogens is 240 g/mol. The van der Waals surface area contributed by atoms with E-state index >= 15 is 0 Å². The van der Waals surface area contributed by atoms with Crippen LogP contribution in [-0.4, -0.2) is 26.3 Å². The molecule has 0 aliphatic heterocycles. The first-order chi connectivity index (χ1) is 9.23. The Hall–Kier alpha value is -1.97. The highest BCUT2D eigenvalue weighted by Crippen LogP contribution is 2.34. The molecule has 0 spiro atoms. The number of aromatic nitrogens is 1. The van der Waals surface area contributed by atoms with Crippen LogP contribution in [0.25, 0.3) is 10.9 Å². The number of aryl methyl sites for hydroxylation is 1. The molecule has 19 heavy (non-hydrogen) atoms. The SMILES string of the molecule is CCCc1cc(NC)c2cc(OC)cc(OC)c2n1. The van der Waals surface area contributed by atoms with Crippen LogP contribution in [0.15, 0.2) is 18.2 Å². The summed E-state index contributed by atoms with van der Waals surface area (Å²) in [5, 5.41) is 4.23. The molecule has 0 saturated heterocycles. The Morgan fingerprint density at radius 3 is 2.53 bits per heavy atom. The van der Waals surface area contributed by atoms with E-state index in [2.05, 4.69) is 18.3 Å². The second-order valence-corrected chi connectivity index (χ2v) is 4.39. The molecule has 0 saturated carbocycles. The zero-order chi connectivity index (χ0) is 13.8. The van der Waals surface area contributed by atoms with Crippen LogP contribution in [0.5, 0.6) is 11.5 Å². The highest BCUT2D eigenvalue weighted by molar-refractivity contribution is 5.96. The fourth-order valence-corrected chi connectivity index (χ4v) is 2.19. The van der Waals surface area contributed by atoms with Crippen molar-refractivity contribution in [3.63, 3.8) is 0 Å². The molecule has 1 aromatic carbocycles. The number of nitrogens with zero attached hydrogens (tertiary/aromatic N) is 1. The molecule has 102 valence electrons. The Morgan fingerprint density at radius 1 is 1.16 bits per heavy atom. The lowest BCUT2D eigenvalue weighted by Crippen LogP contribution is -1.99. The summed E-state index contributed by atoms with van der Waals surface area (Å²) >= 11 is 0. The summed E-state index contributed by atoms with van der Waals surface area (Å²) in [6, 6.07) is 5.93. The average molecular weight is 260 g/mol. The fraction of sp³-hybridized carbons (Fsp3) is 0.400. The molecule has 1 N–H and O–H groups in total. The molecule has 0 atom stereocenters. The lowest BCUT2D eigenvalue weighted by molar-refractivity contribution is 0.397. The van der Waals surface area contributed by atoms with Crippen LogP contribution in [0, 0.1) is 0 Å². The second-order valence-electron chi connectivity index (χ2n) is 4.39. The summed E-state index contributed by atoms with van der Waals surface area (Å²) in [6.45, 7) is 2.15. The average Bonchev–Trinajstić information content (AvgIpc) is 2.45. The lowest BCUT2D eigenvalue weighted by atomic mass is 10.1. The van der Waals surface area contributed by atoms with Gasteiger partial charge in [0, 0.05) is 29.9 Å². The molecule has 0 fully saturated rings. The van der Waals surface area contributed by atoms with Crippen LogP contribution in [0.4, 0.5) is 5.69 Å². The first-order valence-electron chi connectivity index (χ1n) is 6.46. The largest absolute Gasteiger partial charge is 0.497 e. The smallest absolute Gasteiger partial charge is 0.148 e. The second kappa shape index (κ2) is 5.78. The minimum Gasteiger partial charge on any atom is -0.497 e. The van der Waals surface area contributed by atoms with Crippen molar-refractivity contribution in [1.29, 1.82) is 0 Å². The third-order valence-corrected chi connectivity index (χ3v) is 3.14. The number of rotatable bonds is 5. The van der Waals surface area contributed by atoms with Crippen molar-refractivity contribution in [2.45, 2.75) is 19.8 Å². The van der Waals surface area contributed by atoms with Crippen LogP contribution in [-0.2, 0) is 6.42 Å². The standard InChI is InChI=1S/C15H20N2O2/c1-5-6-10-7-13(16-2)12-8-11(18-3)9-14(19-4)15(12)17-10/h7-9H,5-6H2,1-4H3,(H,16,17). The van der Waals surface area contributed by atoms with Crippen molar-refractivity contribution in [3.8, 4) is 11.5 Å². The predicted molar refractivity (Wildman–Crippen MR) is 78.4 cm³/mol. The maximum absolute atomic E-state index is 5.43. The van der Waals surface area contributed by atoms with Gasteiger partial charge >= 0.3 is 0 Å². The van der Waals surface area contributed by atoms with E-state index in [4.69, 9.17) is 14.5 Å². The molecule has 4 nitrogen and oxygen atoms in total. The van der Waals surface area contributed by atoms with E-state index in [0.717, 1.165) is 46.6 Å². The van der Waals surface area contributed by atoms with Crippen molar-refractivity contribution in [2.24, 2.45) is 0 Å². The van der Waals surface area contributed by atoms with Gasteiger partial charge in [0.1, 0.15) is 17.0 Å². The molecule has 1 aromatic heterocycles. The molecule has 2 aromatic rings. The normalized spacial score (nSPS) is 10.5. The summed E-state index contributed by atoms with van der Waals surface area (Å²) in [7, 11) is 5.22. The van der Waals surface area contributed by atoms with Crippen molar-refractivity contribution in [2.75, 3.05) is 26.6 Å². The Kier molecular flexibility index (Phi) is 4.10. The number of hydrogen-bond acceptors (Lipinski definition) is 4. The van der Waals surface area contributed by atoms with E-state index in [1.807, 2.05) is 19.2 Å². The number of anilines is 1. The molecule has 4 heteroatoms. The molecule has 0 radical (unpaired) electrons. The monoisotopic (exact) mass is 260 g/mol. The fourth-order valence-electron chi connectivity index (χ4n) is 2.19. The number of fused-ring (bicyclic) bond motifs is 1. The third kappa shape index (κ3) is 2.57. The van der Waals surface area contributed by atoms with E-state index < -0.39 is 0 Å². The van der Waals surface area contributed by atoms with Crippen molar-refractivity contribution >= 4 is 16.6 Å². The Balaban J connectivity index is 2.73. The molecule has 0 bridgehead atoms. The van der Waals surface area contributed by atoms with E-state index in [1.54, 1.807) is 14.2 Å². The highest BCUT2D eigenvalue weighted by Gasteiger charge is 2.11. The van der Waals surface area contributed by atoms with Crippen LogP contribution in [0.3, 0.4) is 0 Å². The van der Waals surface area contributed by atoms with Gasteiger partial charge in [-0.05, 0) is 18.6 Å². The molecular formula is C15H20N2O2. The van der Waals surface area contributed by atoms with Gasteiger partial charge in [0.2, 0.25) is 0 Å². The van der Waals surface area contributed by atoms with Gasteiger partial charge in [0.05, 0.1) is 14.2 Å². The molecule has 2 rings (SSSR count). The summed E-state index contributed by atoms with van der Waals surface area (Å²) in [5.41, 5.74) is 2.99. The number of ether oxygens (including phenoxy) is 2. The van der Waals surface area contributed by atoms with Gasteiger partial charge in [-0.15, -0.1) is 0 Å². The van der Waals surface area contributed by atoms with E-state index in [0.29, 0.717) is 0 Å². The number of methoxy groups -OCH3 is 2. The Bertz CT molecular complexity index is 582. The van der Waals surface area contributed by atoms with E-state index in [-0.39, 0.29) is 0 Å². The van der Waals surface area contributed by atoms with Crippen molar-refractivity contribution < 1.29 is 9.47 Å². The molecule has 1 heterocycles. The topological polar surface area (TPSA) is 43.4 Å². The van der Waals surface area contributed by atoms with Gasteiger partial charge in [0.25, 0.3) is 0 Å². The number of nitrogens with one attached hydrogen (secondary N) is 1. The number of benzene rings is 1. The summed E-state index contributed by atoms with van der Waals surface area (Å²) in [4.78, 5) is 4.70. The zero-order valence-electron chi connectivity index (χ0n) is 11.9. The highest BCUT2D eigenvalue weighted by atomic mass is 16.5. The number of pyridine rings is 1.